The van der Waals surface area contributed by atoms with Crippen LogP contribution in [0.1, 0.15) is 11.1 Å². The van der Waals surface area contributed by atoms with Crippen LogP contribution >= 0.6 is 11.6 Å². The summed E-state index contributed by atoms with van der Waals surface area (Å²) in [6, 6.07) is 17.4. The fourth-order valence-electron chi connectivity index (χ4n) is 1.51. The number of hydrogen-bond donors (Lipinski definition) is 1. The van der Waals surface area contributed by atoms with E-state index in [2.05, 4.69) is 4.99 Å². The van der Waals surface area contributed by atoms with Gasteiger partial charge >= 0.3 is 0 Å². The van der Waals surface area contributed by atoms with Gasteiger partial charge in [-0.3, -0.25) is 4.99 Å². The smallest absolute Gasteiger partial charge is 0.127 e. The predicted molar refractivity (Wildman–Crippen MR) is 72.3 cm³/mol. The van der Waals surface area contributed by atoms with Gasteiger partial charge in [-0.1, -0.05) is 54.1 Å². The summed E-state index contributed by atoms with van der Waals surface area (Å²) >= 11 is 6.04. The summed E-state index contributed by atoms with van der Waals surface area (Å²) in [4.78, 5) is 4.34. The van der Waals surface area contributed by atoms with Crippen LogP contribution in [0.15, 0.2) is 59.6 Å². The van der Waals surface area contributed by atoms with Gasteiger partial charge in [0.25, 0.3) is 0 Å². The molecule has 0 saturated carbocycles. The molecule has 2 nitrogen and oxygen atoms in total. The first kappa shape index (κ1) is 11.7. The number of halogens is 1. The minimum atomic E-state index is 0.472. The van der Waals surface area contributed by atoms with Crippen LogP contribution in [0.2, 0.25) is 5.02 Å². The van der Waals surface area contributed by atoms with Crippen LogP contribution in [0.3, 0.4) is 0 Å². The van der Waals surface area contributed by atoms with Crippen LogP contribution in [0.5, 0.6) is 0 Å². The van der Waals surface area contributed by atoms with E-state index >= 15 is 0 Å². The fraction of sp³-hybridized carbons (Fsp3) is 0.0714. The van der Waals surface area contributed by atoms with Crippen molar-refractivity contribution in [3.05, 3.63) is 70.7 Å². The van der Waals surface area contributed by atoms with Gasteiger partial charge in [0, 0.05) is 5.56 Å². The summed E-state index contributed by atoms with van der Waals surface area (Å²) in [6.45, 7) is 0.567. The van der Waals surface area contributed by atoms with E-state index in [-0.39, 0.29) is 0 Å². The maximum Gasteiger partial charge on any atom is 0.127 e. The maximum atomic E-state index is 6.04. The first-order valence-corrected chi connectivity index (χ1v) is 5.74. The molecule has 0 amide bonds. The molecule has 3 heteroatoms. The van der Waals surface area contributed by atoms with E-state index in [1.54, 1.807) is 0 Å². The van der Waals surface area contributed by atoms with Crippen molar-refractivity contribution in [1.82, 2.24) is 0 Å². The molecule has 0 spiro atoms. The van der Waals surface area contributed by atoms with Crippen molar-refractivity contribution in [2.75, 3.05) is 0 Å². The molecule has 2 aromatic rings. The quantitative estimate of drug-likeness (QED) is 0.653. The lowest BCUT2D eigenvalue weighted by Crippen LogP contribution is -2.14. The highest BCUT2D eigenvalue weighted by molar-refractivity contribution is 6.34. The summed E-state index contributed by atoms with van der Waals surface area (Å²) in [5.41, 5.74) is 7.82. The normalized spacial score (nSPS) is 11.5. The molecular formula is C14H13ClN2. The Bertz CT molecular complexity index is 521. The summed E-state index contributed by atoms with van der Waals surface area (Å²) in [5, 5.41) is 0.627. The number of nitrogens with zero attached hydrogens (tertiary/aromatic N) is 1. The van der Waals surface area contributed by atoms with E-state index in [4.69, 9.17) is 17.3 Å². The summed E-state index contributed by atoms with van der Waals surface area (Å²) < 4.78 is 0. The largest absolute Gasteiger partial charge is 0.383 e. The van der Waals surface area contributed by atoms with Crippen molar-refractivity contribution < 1.29 is 0 Å². The van der Waals surface area contributed by atoms with Crippen molar-refractivity contribution in [2.45, 2.75) is 6.54 Å². The molecule has 0 radical (unpaired) electrons. The number of aliphatic imine (C=N–C) groups is 1. The molecule has 0 aliphatic rings. The summed E-state index contributed by atoms with van der Waals surface area (Å²) in [5.74, 6) is 0.472. The van der Waals surface area contributed by atoms with E-state index in [1.807, 2.05) is 54.6 Å². The molecule has 0 atom stereocenters. The summed E-state index contributed by atoms with van der Waals surface area (Å²) in [7, 11) is 0. The third-order valence-corrected chi connectivity index (χ3v) is 2.75. The van der Waals surface area contributed by atoms with Gasteiger partial charge in [0.1, 0.15) is 5.84 Å². The average molecular weight is 245 g/mol. The van der Waals surface area contributed by atoms with Crippen molar-refractivity contribution in [3.8, 4) is 0 Å². The molecule has 0 saturated heterocycles. The second-order valence-electron chi connectivity index (χ2n) is 3.67. The van der Waals surface area contributed by atoms with Crippen LogP contribution in [-0.2, 0) is 6.54 Å². The second kappa shape index (κ2) is 5.51. The Hall–Kier alpha value is -1.80. The molecule has 2 N–H and O–H groups in total. The summed E-state index contributed by atoms with van der Waals surface area (Å²) in [6.07, 6.45) is 0. The number of amidine groups is 1. The molecule has 0 bridgehead atoms. The fourth-order valence-corrected chi connectivity index (χ4v) is 1.75. The Morgan fingerprint density at radius 1 is 1.00 bits per heavy atom. The molecule has 0 aliphatic heterocycles. The molecule has 17 heavy (non-hydrogen) atoms. The highest BCUT2D eigenvalue weighted by Gasteiger charge is 2.02. The van der Waals surface area contributed by atoms with Gasteiger partial charge in [0.2, 0.25) is 0 Å². The Balaban J connectivity index is 2.16. The number of nitrogens with two attached hydrogens (primary N) is 1. The second-order valence-corrected chi connectivity index (χ2v) is 4.07. The van der Waals surface area contributed by atoms with E-state index in [9.17, 15) is 0 Å². The molecule has 0 heterocycles. The predicted octanol–water partition coefficient (Wildman–Crippen LogP) is 3.25. The monoisotopic (exact) mass is 244 g/mol. The molecule has 2 rings (SSSR count). The van der Waals surface area contributed by atoms with Gasteiger partial charge in [-0.25, -0.2) is 0 Å². The number of hydrogen-bond acceptors (Lipinski definition) is 1. The molecule has 0 unspecified atom stereocenters. The minimum absolute atomic E-state index is 0.472. The molecule has 0 aliphatic carbocycles. The standard InChI is InChI=1S/C14H13ClN2/c15-13-9-5-4-8-12(13)14(16)17-10-11-6-2-1-3-7-11/h1-9H,10H2,(H2,16,17). The Kier molecular flexibility index (Phi) is 3.78. The highest BCUT2D eigenvalue weighted by atomic mass is 35.5. The van der Waals surface area contributed by atoms with Crippen LogP contribution in [0, 0.1) is 0 Å². The first-order valence-electron chi connectivity index (χ1n) is 5.36. The first-order chi connectivity index (χ1) is 8.27. The van der Waals surface area contributed by atoms with Gasteiger partial charge in [0.05, 0.1) is 11.6 Å². The highest BCUT2D eigenvalue weighted by Crippen LogP contribution is 2.14. The van der Waals surface area contributed by atoms with Crippen LogP contribution in [0.25, 0.3) is 0 Å². The van der Waals surface area contributed by atoms with Crippen LogP contribution in [-0.4, -0.2) is 5.84 Å². The molecule has 86 valence electrons. The lowest BCUT2D eigenvalue weighted by atomic mass is 10.2. The van der Waals surface area contributed by atoms with Gasteiger partial charge < -0.3 is 5.73 Å². The topological polar surface area (TPSA) is 38.4 Å². The lowest BCUT2D eigenvalue weighted by Gasteiger charge is -2.03. The number of benzene rings is 2. The van der Waals surface area contributed by atoms with E-state index in [0.29, 0.717) is 17.4 Å². The van der Waals surface area contributed by atoms with E-state index in [0.717, 1.165) is 11.1 Å². The molecule has 0 fully saturated rings. The third-order valence-electron chi connectivity index (χ3n) is 2.42. The minimum Gasteiger partial charge on any atom is -0.383 e. The van der Waals surface area contributed by atoms with Crippen LogP contribution < -0.4 is 5.73 Å². The van der Waals surface area contributed by atoms with Crippen molar-refractivity contribution in [3.63, 3.8) is 0 Å². The van der Waals surface area contributed by atoms with Gasteiger partial charge in [-0.05, 0) is 17.7 Å². The maximum absolute atomic E-state index is 6.04. The number of rotatable bonds is 3. The Morgan fingerprint density at radius 2 is 1.65 bits per heavy atom. The van der Waals surface area contributed by atoms with Crippen molar-refractivity contribution in [1.29, 1.82) is 0 Å². The SMILES string of the molecule is NC(=NCc1ccccc1)c1ccccc1Cl. The van der Waals surface area contributed by atoms with E-state index in [1.165, 1.54) is 0 Å². The van der Waals surface area contributed by atoms with Gasteiger partial charge in [-0.2, -0.15) is 0 Å². The van der Waals surface area contributed by atoms with Crippen molar-refractivity contribution >= 4 is 17.4 Å². The zero-order valence-corrected chi connectivity index (χ0v) is 10.1. The third kappa shape index (κ3) is 3.08. The van der Waals surface area contributed by atoms with Gasteiger partial charge in [-0.15, -0.1) is 0 Å². The Morgan fingerprint density at radius 3 is 2.35 bits per heavy atom. The molecule has 2 aromatic carbocycles. The zero-order chi connectivity index (χ0) is 12.1. The lowest BCUT2D eigenvalue weighted by molar-refractivity contribution is 1.06. The zero-order valence-electron chi connectivity index (χ0n) is 9.31. The van der Waals surface area contributed by atoms with Gasteiger partial charge in [0.15, 0.2) is 0 Å². The average Bonchev–Trinajstić information content (AvgIpc) is 2.38. The molecule has 0 aromatic heterocycles. The molecular weight excluding hydrogens is 232 g/mol. The van der Waals surface area contributed by atoms with Crippen molar-refractivity contribution in [2.24, 2.45) is 10.7 Å². The Labute approximate surface area is 106 Å². The van der Waals surface area contributed by atoms with Crippen LogP contribution in [0.4, 0.5) is 0 Å². The van der Waals surface area contributed by atoms with E-state index < -0.39 is 0 Å².